The fourth-order valence-corrected chi connectivity index (χ4v) is 0.925. The maximum absolute atomic E-state index is 10.7. The molecule has 0 saturated carbocycles. The lowest BCUT2D eigenvalue weighted by atomic mass is 10.4. The van der Waals surface area contributed by atoms with Crippen LogP contribution in [-0.2, 0) is 0 Å². The second-order valence-corrected chi connectivity index (χ2v) is 2.64. The monoisotopic (exact) mass is 179 g/mol. The third kappa shape index (κ3) is 1.30. The number of nitrogens with zero attached hydrogens (tertiary/aromatic N) is 1. The number of H-pyrrole nitrogens is 1. The van der Waals surface area contributed by atoms with Crippen LogP contribution in [0, 0.1) is 11.8 Å². The maximum atomic E-state index is 10.7. The molecule has 10 heavy (non-hydrogen) atoms. The van der Waals surface area contributed by atoms with Gasteiger partial charge in [0, 0.05) is 5.56 Å². The first kappa shape index (κ1) is 7.57. The molecular weight excluding hydrogens is 175 g/mol. The normalized spacial score (nSPS) is 9.90. The topological polar surface area (TPSA) is 38.8 Å². The minimum Gasteiger partial charge on any atom is -0.102 e. The summed E-state index contributed by atoms with van der Waals surface area (Å²) in [5.41, 5.74) is 0.653. The van der Waals surface area contributed by atoms with Crippen LogP contribution >= 0.6 is 23.2 Å². The molecular formula is C5H5Cl2N2O+. The first-order valence-electron chi connectivity index (χ1n) is 2.59. The molecule has 0 aliphatic rings. The van der Waals surface area contributed by atoms with Gasteiger partial charge in [0.25, 0.3) is 0 Å². The van der Waals surface area contributed by atoms with Gasteiger partial charge in [-0.15, -0.1) is 5.10 Å². The average molecular weight is 180 g/mol. The van der Waals surface area contributed by atoms with Gasteiger partial charge in [0.2, 0.25) is 0 Å². The third-order valence-electron chi connectivity index (χ3n) is 1.06. The van der Waals surface area contributed by atoms with E-state index < -0.39 is 0 Å². The highest BCUT2D eigenvalue weighted by atomic mass is 35.5. The summed E-state index contributed by atoms with van der Waals surface area (Å²) >= 11 is 11.0. The highest BCUT2D eigenvalue weighted by Gasteiger charge is 2.09. The van der Waals surface area contributed by atoms with Gasteiger partial charge >= 0.3 is 5.15 Å². The van der Waals surface area contributed by atoms with E-state index in [-0.39, 0.29) is 10.3 Å². The van der Waals surface area contributed by atoms with Crippen molar-refractivity contribution in [2.45, 2.75) is 6.92 Å². The Morgan fingerprint density at radius 2 is 2.20 bits per heavy atom. The molecule has 0 unspecified atom stereocenters. The van der Waals surface area contributed by atoms with Crippen molar-refractivity contribution in [3.8, 4) is 0 Å². The van der Waals surface area contributed by atoms with Crippen molar-refractivity contribution in [3.05, 3.63) is 26.8 Å². The highest BCUT2D eigenvalue weighted by molar-refractivity contribution is 6.30. The third-order valence-corrected chi connectivity index (χ3v) is 1.70. The summed E-state index contributed by atoms with van der Waals surface area (Å²) < 4.78 is 0.416. The molecule has 0 fully saturated rings. The molecule has 0 aliphatic carbocycles. The van der Waals surface area contributed by atoms with Crippen LogP contribution in [0.1, 0.15) is 5.56 Å². The van der Waals surface area contributed by atoms with Gasteiger partial charge < -0.3 is 0 Å². The average Bonchev–Trinajstić information content (AvgIpc) is 1.82. The number of halogens is 2. The van der Waals surface area contributed by atoms with E-state index in [2.05, 4.69) is 5.10 Å². The van der Waals surface area contributed by atoms with Gasteiger partial charge in [-0.1, -0.05) is 11.6 Å². The maximum Gasteiger partial charge on any atom is 0.363 e. The second kappa shape index (κ2) is 2.60. The summed E-state index contributed by atoms with van der Waals surface area (Å²) in [5, 5.41) is 2.66. The van der Waals surface area contributed by atoms with Crippen molar-refractivity contribution in [3.63, 3.8) is 0 Å². The van der Waals surface area contributed by atoms with Gasteiger partial charge in [0.1, 0.15) is 0 Å². The highest BCUT2D eigenvalue weighted by Crippen LogP contribution is 2.10. The SMILES string of the molecule is Cc1cc(Cl)[nH][n+](=O)c1Cl. The molecule has 1 aromatic heterocycles. The molecule has 0 spiro atoms. The Morgan fingerprint density at radius 1 is 1.60 bits per heavy atom. The van der Waals surface area contributed by atoms with Gasteiger partial charge in [-0.05, 0) is 24.6 Å². The molecule has 1 N–H and O–H groups in total. The molecule has 1 aromatic rings. The zero-order valence-corrected chi connectivity index (χ0v) is 6.70. The van der Waals surface area contributed by atoms with Crippen molar-refractivity contribution in [2.24, 2.45) is 0 Å². The second-order valence-electron chi connectivity index (χ2n) is 1.87. The number of aryl methyl sites for hydroxylation is 1. The molecule has 0 aliphatic heterocycles. The predicted molar refractivity (Wildman–Crippen MR) is 38.9 cm³/mol. The molecule has 0 bridgehead atoms. The molecule has 0 amide bonds. The Balaban J connectivity index is 3.46. The first-order chi connectivity index (χ1) is 4.61. The number of rotatable bonds is 0. The van der Waals surface area contributed by atoms with E-state index in [1.807, 2.05) is 0 Å². The summed E-state index contributed by atoms with van der Waals surface area (Å²) in [4.78, 5) is 10.7. The van der Waals surface area contributed by atoms with Gasteiger partial charge in [-0.2, -0.15) is 0 Å². The Morgan fingerprint density at radius 3 is 2.70 bits per heavy atom. The summed E-state index contributed by atoms with van der Waals surface area (Å²) in [6, 6.07) is 1.58. The van der Waals surface area contributed by atoms with E-state index in [4.69, 9.17) is 23.2 Å². The lowest BCUT2D eigenvalue weighted by molar-refractivity contribution is -0.562. The van der Waals surface area contributed by atoms with E-state index in [0.717, 1.165) is 0 Å². The molecule has 5 heteroatoms. The Bertz CT molecular complexity index is 307. The molecule has 0 atom stereocenters. The van der Waals surface area contributed by atoms with Crippen molar-refractivity contribution in [1.82, 2.24) is 5.10 Å². The van der Waals surface area contributed by atoms with Gasteiger partial charge in [-0.25, -0.2) is 0 Å². The minimum atomic E-state index is 0.115. The first-order valence-corrected chi connectivity index (χ1v) is 3.34. The Kier molecular flexibility index (Phi) is 1.97. The summed E-state index contributed by atoms with van der Waals surface area (Å²) in [5.74, 6) is 0. The Hall–Kier alpha value is -0.540. The quantitative estimate of drug-likeness (QED) is 0.604. The summed E-state index contributed by atoms with van der Waals surface area (Å²) in [6.45, 7) is 1.70. The fraction of sp³-hybridized carbons (Fsp3) is 0.200. The Labute approximate surface area is 67.2 Å². The molecule has 0 radical (unpaired) electrons. The van der Waals surface area contributed by atoms with Crippen LogP contribution in [0.25, 0.3) is 0 Å². The van der Waals surface area contributed by atoms with Crippen molar-refractivity contribution < 1.29 is 4.54 Å². The largest absolute Gasteiger partial charge is 0.363 e. The zero-order valence-electron chi connectivity index (χ0n) is 5.19. The standard InChI is InChI=1S/C5H5Cl2N2O/c1-3-2-4(6)8-9(10)5(3)7/h2H,1H3,(H,8,10)/q+1. The molecule has 1 rings (SSSR count). The zero-order chi connectivity index (χ0) is 7.72. The van der Waals surface area contributed by atoms with Crippen LogP contribution in [0.2, 0.25) is 10.3 Å². The molecule has 1 heterocycles. The van der Waals surface area contributed by atoms with E-state index >= 15 is 0 Å². The van der Waals surface area contributed by atoms with E-state index in [1.54, 1.807) is 13.0 Å². The van der Waals surface area contributed by atoms with Gasteiger partial charge in [-0.3, -0.25) is 0 Å². The smallest absolute Gasteiger partial charge is 0.102 e. The van der Waals surface area contributed by atoms with E-state index in [9.17, 15) is 4.91 Å². The number of aromatic amines is 1. The summed E-state index contributed by atoms with van der Waals surface area (Å²) in [6.07, 6.45) is 0. The van der Waals surface area contributed by atoms with Crippen LogP contribution in [0.15, 0.2) is 6.07 Å². The number of hydrogen-bond donors (Lipinski definition) is 1. The number of nitrogens with one attached hydrogen (secondary N) is 1. The molecule has 54 valence electrons. The lowest BCUT2D eigenvalue weighted by Gasteiger charge is -1.86. The van der Waals surface area contributed by atoms with Crippen molar-refractivity contribution in [1.29, 1.82) is 0 Å². The van der Waals surface area contributed by atoms with Gasteiger partial charge in [0.15, 0.2) is 9.70 Å². The number of hydrogen-bond acceptors (Lipinski definition) is 1. The number of aromatic nitrogens is 2. The predicted octanol–water partition coefficient (Wildman–Crippen LogP) is 1.54. The van der Waals surface area contributed by atoms with E-state index in [1.165, 1.54) is 0 Å². The van der Waals surface area contributed by atoms with Crippen LogP contribution in [0.4, 0.5) is 0 Å². The van der Waals surface area contributed by atoms with Crippen molar-refractivity contribution >= 4 is 23.2 Å². The molecule has 3 nitrogen and oxygen atoms in total. The molecule has 0 aromatic carbocycles. The minimum absolute atomic E-state index is 0.115. The lowest BCUT2D eigenvalue weighted by Crippen LogP contribution is -2.21. The molecule has 0 saturated heterocycles. The fourth-order valence-electron chi connectivity index (χ4n) is 0.588. The van der Waals surface area contributed by atoms with Crippen molar-refractivity contribution in [2.75, 3.05) is 0 Å². The van der Waals surface area contributed by atoms with Crippen LogP contribution < -0.4 is 4.54 Å². The van der Waals surface area contributed by atoms with E-state index in [0.29, 0.717) is 10.1 Å². The van der Waals surface area contributed by atoms with Crippen LogP contribution in [-0.4, -0.2) is 5.10 Å². The van der Waals surface area contributed by atoms with Crippen LogP contribution in [0.3, 0.4) is 0 Å². The van der Waals surface area contributed by atoms with Gasteiger partial charge in [0.05, 0.1) is 4.91 Å². The summed E-state index contributed by atoms with van der Waals surface area (Å²) in [7, 11) is 0. The van der Waals surface area contributed by atoms with Crippen LogP contribution in [0.5, 0.6) is 0 Å².